The predicted molar refractivity (Wildman–Crippen MR) is 63.0 cm³/mol. The zero-order chi connectivity index (χ0) is 10.8. The Hall–Kier alpha value is -1.60. The number of methoxy groups -OCH3 is 1. The molecule has 3 nitrogen and oxygen atoms in total. The summed E-state index contributed by atoms with van der Waals surface area (Å²) in [6, 6.07) is 7.79. The van der Waals surface area contributed by atoms with Gasteiger partial charge in [-0.15, -0.1) is 12.6 Å². The molecule has 4 heteroatoms. The molecule has 1 N–H and O–H groups in total. The molecule has 1 heterocycles. The molecule has 0 saturated carbocycles. The Bertz CT molecular complexity index is 462. The minimum Gasteiger partial charge on any atom is -0.497 e. The van der Waals surface area contributed by atoms with Crippen LogP contribution in [-0.4, -0.2) is 12.5 Å². The van der Waals surface area contributed by atoms with E-state index >= 15 is 0 Å². The Morgan fingerprint density at radius 2 is 2.33 bits per heavy atom. The van der Waals surface area contributed by atoms with Crippen LogP contribution < -0.4 is 10.1 Å². The quantitative estimate of drug-likeness (QED) is 0.711. The van der Waals surface area contributed by atoms with E-state index in [1.807, 2.05) is 24.3 Å². The van der Waals surface area contributed by atoms with Gasteiger partial charge in [-0.25, -0.2) is 0 Å². The van der Waals surface area contributed by atoms with Crippen LogP contribution in [0.1, 0.15) is 5.56 Å². The van der Waals surface area contributed by atoms with Gasteiger partial charge in [0.15, 0.2) is 0 Å². The molecule has 2 rings (SSSR count). The van der Waals surface area contributed by atoms with Crippen LogP contribution in [-0.2, 0) is 0 Å². The molecule has 0 spiro atoms. The fourth-order valence-corrected chi connectivity index (χ4v) is 1.75. The Morgan fingerprint density at radius 1 is 1.53 bits per heavy atom. The molecule has 0 aromatic heterocycles. The van der Waals surface area contributed by atoms with Crippen LogP contribution in [0.3, 0.4) is 0 Å². The summed E-state index contributed by atoms with van der Waals surface area (Å²) in [5, 5.41) is 11.7. The second-order valence-electron chi connectivity index (χ2n) is 3.21. The fraction of sp³-hybridized carbons (Fsp3) is 0.182. The van der Waals surface area contributed by atoms with E-state index in [2.05, 4.69) is 24.0 Å². The molecular weight excluding hydrogens is 208 g/mol. The molecule has 1 unspecified atom stereocenters. The van der Waals surface area contributed by atoms with Crippen LogP contribution in [0.4, 0.5) is 5.69 Å². The number of thiol groups is 1. The molecule has 76 valence electrons. The van der Waals surface area contributed by atoms with E-state index in [4.69, 9.17) is 10.00 Å². The topological polar surface area (TPSA) is 45.0 Å². The highest BCUT2D eigenvalue weighted by Crippen LogP contribution is 2.31. The maximum Gasteiger partial charge on any atom is 0.120 e. The number of hydrogen-bond donors (Lipinski definition) is 2. The Kier molecular flexibility index (Phi) is 2.57. The smallest absolute Gasteiger partial charge is 0.120 e. The maximum absolute atomic E-state index is 8.86. The van der Waals surface area contributed by atoms with E-state index in [1.165, 1.54) is 0 Å². The molecule has 0 saturated heterocycles. The third-order valence-corrected chi connectivity index (χ3v) is 2.69. The van der Waals surface area contributed by atoms with Crippen molar-refractivity contribution in [2.75, 3.05) is 12.4 Å². The van der Waals surface area contributed by atoms with Gasteiger partial charge in [0.05, 0.1) is 18.8 Å². The minimum atomic E-state index is -0.241. The summed E-state index contributed by atoms with van der Waals surface area (Å²) in [6.07, 6.45) is 1.84. The van der Waals surface area contributed by atoms with E-state index in [9.17, 15) is 0 Å². The average Bonchev–Trinajstić information content (AvgIpc) is 2.27. The van der Waals surface area contributed by atoms with E-state index in [1.54, 1.807) is 7.11 Å². The summed E-state index contributed by atoms with van der Waals surface area (Å²) in [7, 11) is 1.62. The van der Waals surface area contributed by atoms with Crippen molar-refractivity contribution in [3.8, 4) is 11.8 Å². The van der Waals surface area contributed by atoms with E-state index in [-0.39, 0.29) is 5.37 Å². The second-order valence-corrected chi connectivity index (χ2v) is 3.73. The SMILES string of the molecule is COc1ccc2c(c1)NC(S)C(C#N)=C2. The first-order chi connectivity index (χ1) is 7.24. The standard InChI is InChI=1S/C11H10N2OS/c1-14-9-3-2-7-4-8(6-12)11(15)13-10(7)5-9/h2-5,11,13,15H,1H3. The summed E-state index contributed by atoms with van der Waals surface area (Å²) in [4.78, 5) is 0. The first kappa shape index (κ1) is 9.94. The molecule has 1 aliphatic heterocycles. The molecule has 0 amide bonds. The van der Waals surface area contributed by atoms with Crippen molar-refractivity contribution < 1.29 is 4.74 Å². The molecule has 0 bridgehead atoms. The van der Waals surface area contributed by atoms with Gasteiger partial charge in [-0.05, 0) is 23.8 Å². The summed E-state index contributed by atoms with van der Waals surface area (Å²) in [5.41, 5.74) is 2.54. The van der Waals surface area contributed by atoms with Crippen LogP contribution in [0.25, 0.3) is 6.08 Å². The fourth-order valence-electron chi connectivity index (χ4n) is 1.48. The molecule has 1 aromatic rings. The molecule has 1 aliphatic rings. The van der Waals surface area contributed by atoms with Crippen LogP contribution in [0.15, 0.2) is 23.8 Å². The Balaban J connectivity index is 2.46. The Labute approximate surface area is 93.8 Å². The van der Waals surface area contributed by atoms with E-state index < -0.39 is 0 Å². The molecule has 0 aliphatic carbocycles. The highest BCUT2D eigenvalue weighted by atomic mass is 32.1. The highest BCUT2D eigenvalue weighted by Gasteiger charge is 2.17. The van der Waals surface area contributed by atoms with Crippen molar-refractivity contribution >= 4 is 24.4 Å². The molecule has 15 heavy (non-hydrogen) atoms. The van der Waals surface area contributed by atoms with Gasteiger partial charge in [0, 0.05) is 11.8 Å². The van der Waals surface area contributed by atoms with Gasteiger partial charge in [-0.2, -0.15) is 5.26 Å². The summed E-state index contributed by atoms with van der Waals surface area (Å²) in [6.45, 7) is 0. The van der Waals surface area contributed by atoms with Crippen molar-refractivity contribution in [1.29, 1.82) is 5.26 Å². The van der Waals surface area contributed by atoms with Gasteiger partial charge in [-0.3, -0.25) is 0 Å². The number of ether oxygens (including phenoxy) is 1. The molecule has 0 fully saturated rings. The maximum atomic E-state index is 8.86. The highest BCUT2D eigenvalue weighted by molar-refractivity contribution is 7.81. The van der Waals surface area contributed by atoms with Crippen LogP contribution in [0.2, 0.25) is 0 Å². The largest absolute Gasteiger partial charge is 0.497 e. The van der Waals surface area contributed by atoms with Crippen molar-refractivity contribution in [1.82, 2.24) is 0 Å². The third kappa shape index (κ3) is 1.79. The lowest BCUT2D eigenvalue weighted by Crippen LogP contribution is -2.18. The van der Waals surface area contributed by atoms with Crippen LogP contribution in [0, 0.1) is 11.3 Å². The number of fused-ring (bicyclic) bond motifs is 1. The number of nitrogens with one attached hydrogen (secondary N) is 1. The summed E-state index contributed by atoms with van der Waals surface area (Å²) in [5.74, 6) is 0.788. The minimum absolute atomic E-state index is 0.241. The van der Waals surface area contributed by atoms with E-state index in [0.29, 0.717) is 5.57 Å². The number of hydrogen-bond acceptors (Lipinski definition) is 4. The molecule has 1 atom stereocenters. The predicted octanol–water partition coefficient (Wildman–Crippen LogP) is 2.28. The molecule has 0 radical (unpaired) electrons. The normalized spacial score (nSPS) is 18.2. The number of nitrogens with zero attached hydrogens (tertiary/aromatic N) is 1. The molecular formula is C11H10N2OS. The van der Waals surface area contributed by atoms with Crippen molar-refractivity contribution in [3.63, 3.8) is 0 Å². The second kappa shape index (κ2) is 3.87. The van der Waals surface area contributed by atoms with E-state index in [0.717, 1.165) is 17.0 Å². The van der Waals surface area contributed by atoms with Gasteiger partial charge in [-0.1, -0.05) is 0 Å². The van der Waals surface area contributed by atoms with Gasteiger partial charge in [0.25, 0.3) is 0 Å². The zero-order valence-electron chi connectivity index (χ0n) is 8.19. The van der Waals surface area contributed by atoms with Crippen LogP contribution >= 0.6 is 12.6 Å². The number of anilines is 1. The zero-order valence-corrected chi connectivity index (χ0v) is 9.08. The van der Waals surface area contributed by atoms with Crippen molar-refractivity contribution in [2.24, 2.45) is 0 Å². The lowest BCUT2D eigenvalue weighted by Gasteiger charge is -2.21. The first-order valence-electron chi connectivity index (χ1n) is 4.49. The lowest BCUT2D eigenvalue weighted by molar-refractivity contribution is 0.415. The van der Waals surface area contributed by atoms with Gasteiger partial charge < -0.3 is 10.1 Å². The van der Waals surface area contributed by atoms with Crippen molar-refractivity contribution in [3.05, 3.63) is 29.3 Å². The summed E-state index contributed by atoms with van der Waals surface area (Å²) >= 11 is 4.28. The first-order valence-corrected chi connectivity index (χ1v) is 5.00. The lowest BCUT2D eigenvalue weighted by atomic mass is 10.0. The Morgan fingerprint density at radius 3 is 3.00 bits per heavy atom. The number of rotatable bonds is 1. The van der Waals surface area contributed by atoms with Gasteiger partial charge in [0.2, 0.25) is 0 Å². The van der Waals surface area contributed by atoms with Crippen molar-refractivity contribution in [2.45, 2.75) is 5.37 Å². The monoisotopic (exact) mass is 218 g/mol. The van der Waals surface area contributed by atoms with Crippen LogP contribution in [0.5, 0.6) is 5.75 Å². The molecule has 1 aromatic carbocycles. The average molecular weight is 218 g/mol. The van der Waals surface area contributed by atoms with Gasteiger partial charge >= 0.3 is 0 Å². The summed E-state index contributed by atoms with van der Waals surface area (Å²) < 4.78 is 5.12. The van der Waals surface area contributed by atoms with Gasteiger partial charge in [0.1, 0.15) is 11.1 Å². The third-order valence-electron chi connectivity index (χ3n) is 2.29. The number of benzene rings is 1. The number of nitriles is 1.